The van der Waals surface area contributed by atoms with E-state index in [1.165, 1.54) is 17.7 Å². The van der Waals surface area contributed by atoms with Gasteiger partial charge in [0.15, 0.2) is 0 Å². The van der Waals surface area contributed by atoms with E-state index in [9.17, 15) is 4.79 Å². The third kappa shape index (κ3) is 3.06. The van der Waals surface area contributed by atoms with Crippen LogP contribution in [0.3, 0.4) is 0 Å². The molecule has 0 aliphatic heterocycles. The Bertz CT molecular complexity index is 626. The van der Waals surface area contributed by atoms with E-state index >= 15 is 0 Å². The number of hydrogen-bond acceptors (Lipinski definition) is 5. The number of carbonyl (C=O) groups is 1. The maximum atomic E-state index is 11.3. The van der Waals surface area contributed by atoms with Crippen LogP contribution in [-0.2, 0) is 0 Å². The molecule has 0 fully saturated rings. The van der Waals surface area contributed by atoms with Crippen LogP contribution in [0.15, 0.2) is 18.3 Å². The molecule has 0 aliphatic rings. The van der Waals surface area contributed by atoms with Crippen LogP contribution >= 0.6 is 11.6 Å². The summed E-state index contributed by atoms with van der Waals surface area (Å²) in [4.78, 5) is 15.4. The third-order valence-electron chi connectivity index (χ3n) is 2.49. The van der Waals surface area contributed by atoms with Crippen molar-refractivity contribution in [2.24, 2.45) is 0 Å². The molecule has 0 saturated carbocycles. The van der Waals surface area contributed by atoms with Crippen LogP contribution < -0.4 is 10.8 Å². The fourth-order valence-corrected chi connectivity index (χ4v) is 1.85. The van der Waals surface area contributed by atoms with E-state index in [4.69, 9.17) is 16.8 Å². The maximum Gasteiger partial charge on any atom is 0.292 e. The number of hydrogen-bond donors (Lipinski definition) is 4. The lowest BCUT2D eigenvalue weighted by Gasteiger charge is -2.10. The lowest BCUT2D eigenvalue weighted by molar-refractivity contribution is 0.0700. The summed E-state index contributed by atoms with van der Waals surface area (Å²) < 4.78 is 0. The lowest BCUT2D eigenvalue weighted by atomic mass is 10.2. The van der Waals surface area contributed by atoms with Gasteiger partial charge in [-0.05, 0) is 26.0 Å². The van der Waals surface area contributed by atoms with Crippen molar-refractivity contribution in [1.29, 1.82) is 0 Å². The molecule has 2 heterocycles. The first-order valence-electron chi connectivity index (χ1n) is 5.93. The summed E-state index contributed by atoms with van der Waals surface area (Å²) in [6.45, 7) is 3.99. The Morgan fingerprint density at radius 1 is 1.45 bits per heavy atom. The number of nitrogens with one attached hydrogen (secondary N) is 3. The van der Waals surface area contributed by atoms with Gasteiger partial charge in [-0.15, -0.1) is 0 Å². The van der Waals surface area contributed by atoms with Gasteiger partial charge in [0.1, 0.15) is 11.5 Å². The molecule has 2 aromatic rings. The summed E-state index contributed by atoms with van der Waals surface area (Å²) in [5, 5.41) is 18.7. The van der Waals surface area contributed by atoms with Gasteiger partial charge in [-0.25, -0.2) is 10.5 Å². The van der Waals surface area contributed by atoms with Gasteiger partial charge in [-0.2, -0.15) is 5.10 Å². The first kappa shape index (κ1) is 14.3. The van der Waals surface area contributed by atoms with Crippen molar-refractivity contribution in [3.63, 3.8) is 0 Å². The largest absolute Gasteiger partial charge is 0.368 e. The summed E-state index contributed by atoms with van der Waals surface area (Å²) in [7, 11) is 0. The average molecular weight is 296 g/mol. The Morgan fingerprint density at radius 2 is 2.20 bits per heavy atom. The summed E-state index contributed by atoms with van der Waals surface area (Å²) in [5.41, 5.74) is 2.79. The average Bonchev–Trinajstić information content (AvgIpc) is 2.89. The molecule has 0 atom stereocenters. The molecule has 0 spiro atoms. The van der Waals surface area contributed by atoms with E-state index in [0.29, 0.717) is 22.1 Å². The van der Waals surface area contributed by atoms with Gasteiger partial charge in [0, 0.05) is 17.8 Å². The molecule has 106 valence electrons. The van der Waals surface area contributed by atoms with Crippen LogP contribution in [0.5, 0.6) is 0 Å². The van der Waals surface area contributed by atoms with Crippen LogP contribution in [0.2, 0.25) is 5.02 Å². The standard InChI is InChI=1S/C12H14ClN5O2/c1-6(2)15-11-3-7(8(13)5-14-11)9-4-10(17-16-9)12(19)18-20/h3-6,20H,1-2H3,(H,14,15)(H,16,17)(H,18,19). The Morgan fingerprint density at radius 3 is 2.85 bits per heavy atom. The van der Waals surface area contributed by atoms with Gasteiger partial charge in [-0.3, -0.25) is 15.1 Å². The fourth-order valence-electron chi connectivity index (χ4n) is 1.65. The number of nitrogens with zero attached hydrogens (tertiary/aromatic N) is 2. The highest BCUT2D eigenvalue weighted by atomic mass is 35.5. The van der Waals surface area contributed by atoms with E-state index in [-0.39, 0.29) is 11.7 Å². The first-order chi connectivity index (χ1) is 9.51. The zero-order valence-corrected chi connectivity index (χ0v) is 11.7. The second-order valence-electron chi connectivity index (χ2n) is 4.46. The van der Waals surface area contributed by atoms with Crippen LogP contribution in [-0.4, -0.2) is 32.3 Å². The van der Waals surface area contributed by atoms with Gasteiger partial charge < -0.3 is 5.32 Å². The smallest absolute Gasteiger partial charge is 0.292 e. The summed E-state index contributed by atoms with van der Waals surface area (Å²) in [6.07, 6.45) is 1.52. The normalized spacial score (nSPS) is 10.7. The quantitative estimate of drug-likeness (QED) is 0.511. The van der Waals surface area contributed by atoms with Gasteiger partial charge in [0.05, 0.1) is 10.7 Å². The van der Waals surface area contributed by atoms with Gasteiger partial charge >= 0.3 is 0 Å². The van der Waals surface area contributed by atoms with Crippen molar-refractivity contribution < 1.29 is 10.0 Å². The van der Waals surface area contributed by atoms with E-state index in [1.54, 1.807) is 6.07 Å². The highest BCUT2D eigenvalue weighted by Crippen LogP contribution is 2.28. The Hall–Kier alpha value is -2.12. The molecule has 7 nitrogen and oxygen atoms in total. The van der Waals surface area contributed by atoms with Crippen molar-refractivity contribution in [3.8, 4) is 11.3 Å². The Kier molecular flexibility index (Phi) is 4.21. The van der Waals surface area contributed by atoms with Crippen molar-refractivity contribution in [2.75, 3.05) is 5.32 Å². The van der Waals surface area contributed by atoms with Gasteiger partial charge in [-0.1, -0.05) is 11.6 Å². The SMILES string of the molecule is CC(C)Nc1cc(-c2cc(C(=O)NO)[nH]n2)c(Cl)cn1. The number of aromatic amines is 1. The molecule has 0 aliphatic carbocycles. The third-order valence-corrected chi connectivity index (χ3v) is 2.79. The summed E-state index contributed by atoms with van der Waals surface area (Å²) in [6, 6.07) is 3.47. The molecule has 2 rings (SSSR count). The van der Waals surface area contributed by atoms with Crippen molar-refractivity contribution >= 4 is 23.3 Å². The monoisotopic (exact) mass is 295 g/mol. The van der Waals surface area contributed by atoms with E-state index in [1.807, 2.05) is 13.8 Å². The molecule has 1 amide bonds. The highest BCUT2D eigenvalue weighted by molar-refractivity contribution is 6.33. The zero-order chi connectivity index (χ0) is 14.7. The molecule has 2 aromatic heterocycles. The van der Waals surface area contributed by atoms with Crippen LogP contribution in [0.25, 0.3) is 11.3 Å². The fraction of sp³-hybridized carbons (Fsp3) is 0.250. The predicted molar refractivity (Wildman–Crippen MR) is 74.8 cm³/mol. The minimum Gasteiger partial charge on any atom is -0.368 e. The molecule has 8 heteroatoms. The van der Waals surface area contributed by atoms with Crippen LogP contribution in [0.4, 0.5) is 5.82 Å². The molecule has 0 aromatic carbocycles. The Labute approximate surface area is 120 Å². The molecule has 0 unspecified atom stereocenters. The Balaban J connectivity index is 2.36. The minimum atomic E-state index is -0.672. The van der Waals surface area contributed by atoms with Crippen LogP contribution in [0.1, 0.15) is 24.3 Å². The highest BCUT2D eigenvalue weighted by Gasteiger charge is 2.13. The second kappa shape index (κ2) is 5.89. The van der Waals surface area contributed by atoms with Gasteiger partial charge in [0.25, 0.3) is 5.91 Å². The number of halogens is 1. The number of rotatable bonds is 4. The number of amides is 1. The molecule has 20 heavy (non-hydrogen) atoms. The molecule has 0 bridgehead atoms. The number of carbonyl (C=O) groups excluding carboxylic acids is 1. The van der Waals surface area contributed by atoms with E-state index in [0.717, 1.165) is 0 Å². The first-order valence-corrected chi connectivity index (χ1v) is 6.31. The molecule has 0 radical (unpaired) electrons. The molecular formula is C12H14ClN5O2. The lowest BCUT2D eigenvalue weighted by Crippen LogP contribution is -2.18. The number of pyridine rings is 1. The molecule has 0 saturated heterocycles. The topological polar surface area (TPSA) is 103 Å². The summed E-state index contributed by atoms with van der Waals surface area (Å²) >= 11 is 6.10. The summed E-state index contributed by atoms with van der Waals surface area (Å²) in [5.74, 6) is -0.00924. The molecule has 4 N–H and O–H groups in total. The molecular weight excluding hydrogens is 282 g/mol. The number of hydroxylamine groups is 1. The maximum absolute atomic E-state index is 11.3. The number of aromatic nitrogens is 3. The predicted octanol–water partition coefficient (Wildman–Crippen LogP) is 2.06. The van der Waals surface area contributed by atoms with E-state index < -0.39 is 5.91 Å². The number of H-pyrrole nitrogens is 1. The number of anilines is 1. The van der Waals surface area contributed by atoms with Crippen molar-refractivity contribution in [1.82, 2.24) is 20.7 Å². The van der Waals surface area contributed by atoms with Gasteiger partial charge in [0.2, 0.25) is 0 Å². The van der Waals surface area contributed by atoms with E-state index in [2.05, 4.69) is 20.5 Å². The van der Waals surface area contributed by atoms with Crippen molar-refractivity contribution in [3.05, 3.63) is 29.0 Å². The van der Waals surface area contributed by atoms with Crippen LogP contribution in [0, 0.1) is 0 Å². The van der Waals surface area contributed by atoms with Crippen molar-refractivity contribution in [2.45, 2.75) is 19.9 Å². The zero-order valence-electron chi connectivity index (χ0n) is 10.9. The minimum absolute atomic E-state index is 0.133. The second-order valence-corrected chi connectivity index (χ2v) is 4.86.